The number of anilines is 2. The molecule has 0 aliphatic heterocycles. The van der Waals surface area contributed by atoms with Crippen LogP contribution in [0.25, 0.3) is 0 Å². The van der Waals surface area contributed by atoms with Crippen LogP contribution in [-0.2, 0) is 0 Å². The molecule has 1 aromatic rings. The van der Waals surface area contributed by atoms with Gasteiger partial charge in [0.25, 0.3) is 0 Å². The Hall–Kier alpha value is -1.01. The summed E-state index contributed by atoms with van der Waals surface area (Å²) in [5.74, 6) is 3.60. The van der Waals surface area contributed by atoms with Crippen molar-refractivity contribution >= 4 is 23.5 Å². The van der Waals surface area contributed by atoms with Crippen LogP contribution < -0.4 is 10.6 Å². The van der Waals surface area contributed by atoms with Gasteiger partial charge in [0.05, 0.1) is 0 Å². The van der Waals surface area contributed by atoms with Gasteiger partial charge >= 0.3 is 0 Å². The van der Waals surface area contributed by atoms with Crippen molar-refractivity contribution < 1.29 is 5.11 Å². The third-order valence-electron chi connectivity index (χ3n) is 2.49. The van der Waals surface area contributed by atoms with E-state index >= 15 is 0 Å². The van der Waals surface area contributed by atoms with Crippen LogP contribution >= 0.6 is 11.8 Å². The zero-order valence-corrected chi connectivity index (χ0v) is 12.6. The third kappa shape index (κ3) is 6.63. The SMILES string of the molecule is CCCNc1ncc(C)c(NCCSCCCO)n1. The first-order valence-electron chi connectivity index (χ1n) is 6.78. The van der Waals surface area contributed by atoms with E-state index in [0.29, 0.717) is 5.95 Å². The molecule has 0 unspecified atom stereocenters. The van der Waals surface area contributed by atoms with Gasteiger partial charge in [0, 0.05) is 37.2 Å². The molecule has 108 valence electrons. The number of rotatable bonds is 10. The van der Waals surface area contributed by atoms with E-state index in [1.807, 2.05) is 24.9 Å². The Morgan fingerprint density at radius 3 is 2.84 bits per heavy atom. The van der Waals surface area contributed by atoms with Crippen LogP contribution in [0.3, 0.4) is 0 Å². The van der Waals surface area contributed by atoms with Gasteiger partial charge in [0.15, 0.2) is 0 Å². The molecule has 5 nitrogen and oxygen atoms in total. The van der Waals surface area contributed by atoms with E-state index < -0.39 is 0 Å². The molecule has 1 rings (SSSR count). The molecular formula is C13H24N4OS. The number of nitrogens with zero attached hydrogens (tertiary/aromatic N) is 2. The van der Waals surface area contributed by atoms with Crippen molar-refractivity contribution in [2.24, 2.45) is 0 Å². The molecule has 0 aliphatic rings. The van der Waals surface area contributed by atoms with Gasteiger partial charge in [-0.2, -0.15) is 16.7 Å². The van der Waals surface area contributed by atoms with Gasteiger partial charge in [-0.15, -0.1) is 0 Å². The quantitative estimate of drug-likeness (QED) is 0.572. The number of nitrogens with one attached hydrogen (secondary N) is 2. The summed E-state index contributed by atoms with van der Waals surface area (Å²) >= 11 is 1.84. The van der Waals surface area contributed by atoms with Crippen molar-refractivity contribution in [2.75, 3.05) is 41.8 Å². The predicted molar refractivity (Wildman–Crippen MR) is 83.1 cm³/mol. The molecule has 0 atom stereocenters. The van der Waals surface area contributed by atoms with E-state index in [1.165, 1.54) is 0 Å². The standard InChI is InChI=1S/C13H24N4OS/c1-3-5-15-13-16-10-11(2)12(17-13)14-6-9-19-8-4-7-18/h10,18H,3-9H2,1-2H3,(H2,14,15,16,17). The van der Waals surface area contributed by atoms with E-state index in [2.05, 4.69) is 27.5 Å². The Kier molecular flexibility index (Phi) is 8.33. The lowest BCUT2D eigenvalue weighted by Gasteiger charge is -2.10. The largest absolute Gasteiger partial charge is 0.396 e. The summed E-state index contributed by atoms with van der Waals surface area (Å²) in [6.45, 7) is 6.16. The number of thioether (sulfide) groups is 1. The number of aliphatic hydroxyl groups is 1. The maximum atomic E-state index is 8.69. The summed E-state index contributed by atoms with van der Waals surface area (Å²) in [4.78, 5) is 8.71. The Morgan fingerprint density at radius 2 is 2.11 bits per heavy atom. The summed E-state index contributed by atoms with van der Waals surface area (Å²) in [6.07, 6.45) is 3.76. The minimum Gasteiger partial charge on any atom is -0.396 e. The van der Waals surface area contributed by atoms with Gasteiger partial charge < -0.3 is 15.7 Å². The van der Waals surface area contributed by atoms with Crippen molar-refractivity contribution in [1.82, 2.24) is 9.97 Å². The smallest absolute Gasteiger partial charge is 0.224 e. The lowest BCUT2D eigenvalue weighted by atomic mass is 10.3. The molecule has 0 bridgehead atoms. The maximum absolute atomic E-state index is 8.69. The highest BCUT2D eigenvalue weighted by Crippen LogP contribution is 2.12. The van der Waals surface area contributed by atoms with Gasteiger partial charge in [-0.05, 0) is 25.5 Å². The first-order valence-corrected chi connectivity index (χ1v) is 7.93. The van der Waals surface area contributed by atoms with Crippen molar-refractivity contribution in [2.45, 2.75) is 26.7 Å². The van der Waals surface area contributed by atoms with Crippen LogP contribution in [0.5, 0.6) is 0 Å². The maximum Gasteiger partial charge on any atom is 0.224 e. The fourth-order valence-electron chi connectivity index (χ4n) is 1.45. The number of hydrogen-bond donors (Lipinski definition) is 3. The molecule has 0 fully saturated rings. The molecular weight excluding hydrogens is 260 g/mol. The third-order valence-corrected chi connectivity index (χ3v) is 3.56. The fourth-order valence-corrected chi connectivity index (χ4v) is 2.24. The molecule has 19 heavy (non-hydrogen) atoms. The highest BCUT2D eigenvalue weighted by molar-refractivity contribution is 7.99. The van der Waals surface area contributed by atoms with Crippen LogP contribution in [0, 0.1) is 6.92 Å². The summed E-state index contributed by atoms with van der Waals surface area (Å²) in [6, 6.07) is 0. The van der Waals surface area contributed by atoms with Crippen molar-refractivity contribution in [3.63, 3.8) is 0 Å². The lowest BCUT2D eigenvalue weighted by Crippen LogP contribution is -2.11. The fraction of sp³-hybridized carbons (Fsp3) is 0.692. The van der Waals surface area contributed by atoms with E-state index in [1.54, 1.807) is 0 Å². The molecule has 0 spiro atoms. The molecule has 3 N–H and O–H groups in total. The van der Waals surface area contributed by atoms with Crippen molar-refractivity contribution in [3.05, 3.63) is 11.8 Å². The number of aryl methyl sites for hydroxylation is 1. The summed E-state index contributed by atoms with van der Waals surface area (Å²) < 4.78 is 0. The molecule has 0 saturated carbocycles. The number of aromatic nitrogens is 2. The van der Waals surface area contributed by atoms with Crippen molar-refractivity contribution in [1.29, 1.82) is 0 Å². The normalized spacial score (nSPS) is 10.5. The zero-order valence-electron chi connectivity index (χ0n) is 11.8. The molecule has 1 heterocycles. The van der Waals surface area contributed by atoms with Gasteiger partial charge in [-0.25, -0.2) is 4.98 Å². The van der Waals surface area contributed by atoms with Crippen LogP contribution in [0.4, 0.5) is 11.8 Å². The van der Waals surface area contributed by atoms with E-state index in [9.17, 15) is 0 Å². The van der Waals surface area contributed by atoms with Gasteiger partial charge in [-0.1, -0.05) is 6.92 Å². The van der Waals surface area contributed by atoms with E-state index in [4.69, 9.17) is 5.11 Å². The first kappa shape index (κ1) is 16.0. The summed E-state index contributed by atoms with van der Waals surface area (Å²) in [7, 11) is 0. The summed E-state index contributed by atoms with van der Waals surface area (Å²) in [5, 5.41) is 15.2. The second-order valence-corrected chi connectivity index (χ2v) is 5.49. The Labute approximate surface area is 119 Å². The molecule has 1 aromatic heterocycles. The van der Waals surface area contributed by atoms with Crippen LogP contribution in [0.2, 0.25) is 0 Å². The highest BCUT2D eigenvalue weighted by Gasteiger charge is 2.02. The minimum atomic E-state index is 0.276. The molecule has 0 aromatic carbocycles. The van der Waals surface area contributed by atoms with Gasteiger partial charge in [0.1, 0.15) is 5.82 Å². The number of aliphatic hydroxyl groups excluding tert-OH is 1. The minimum absolute atomic E-state index is 0.276. The zero-order chi connectivity index (χ0) is 13.9. The van der Waals surface area contributed by atoms with E-state index in [0.717, 1.165) is 48.8 Å². The Balaban J connectivity index is 2.34. The van der Waals surface area contributed by atoms with Crippen LogP contribution in [0.1, 0.15) is 25.3 Å². The molecule has 0 aliphatic carbocycles. The molecule has 6 heteroatoms. The topological polar surface area (TPSA) is 70.1 Å². The average molecular weight is 284 g/mol. The monoisotopic (exact) mass is 284 g/mol. The average Bonchev–Trinajstić information content (AvgIpc) is 2.43. The number of hydrogen-bond acceptors (Lipinski definition) is 6. The Bertz CT molecular complexity index is 362. The molecule has 0 saturated heterocycles. The summed E-state index contributed by atoms with van der Waals surface area (Å²) in [5.41, 5.74) is 1.06. The first-order chi connectivity index (χ1) is 9.27. The van der Waals surface area contributed by atoms with E-state index in [-0.39, 0.29) is 6.61 Å². The van der Waals surface area contributed by atoms with Crippen LogP contribution in [0.15, 0.2) is 6.20 Å². The lowest BCUT2D eigenvalue weighted by molar-refractivity contribution is 0.296. The van der Waals surface area contributed by atoms with Gasteiger partial charge in [0.2, 0.25) is 5.95 Å². The predicted octanol–water partition coefficient (Wildman–Crippen LogP) is 2.13. The molecule has 0 radical (unpaired) electrons. The highest BCUT2D eigenvalue weighted by atomic mass is 32.2. The molecule has 0 amide bonds. The van der Waals surface area contributed by atoms with Crippen molar-refractivity contribution in [3.8, 4) is 0 Å². The van der Waals surface area contributed by atoms with Crippen LogP contribution in [-0.4, -0.2) is 46.3 Å². The second-order valence-electron chi connectivity index (χ2n) is 4.27. The second kappa shape index (κ2) is 9.86. The Morgan fingerprint density at radius 1 is 1.26 bits per heavy atom. The van der Waals surface area contributed by atoms with Gasteiger partial charge in [-0.3, -0.25) is 0 Å².